The second-order valence-electron chi connectivity index (χ2n) is 6.91. The molecule has 2 aromatic carbocycles. The van der Waals surface area contributed by atoms with Crippen molar-refractivity contribution >= 4 is 5.91 Å². The van der Waals surface area contributed by atoms with E-state index in [2.05, 4.69) is 29.3 Å². The van der Waals surface area contributed by atoms with Gasteiger partial charge >= 0.3 is 0 Å². The third-order valence-corrected chi connectivity index (χ3v) is 4.76. The van der Waals surface area contributed by atoms with Crippen LogP contribution in [0.15, 0.2) is 48.5 Å². The van der Waals surface area contributed by atoms with E-state index in [0.29, 0.717) is 13.0 Å². The molecule has 26 heavy (non-hydrogen) atoms. The van der Waals surface area contributed by atoms with Gasteiger partial charge in [-0.25, -0.2) is 0 Å². The molecule has 0 saturated carbocycles. The summed E-state index contributed by atoms with van der Waals surface area (Å²) in [6, 6.07) is 16.1. The molecule has 1 aliphatic rings. The topological polar surface area (TPSA) is 50.8 Å². The molecule has 0 spiro atoms. The summed E-state index contributed by atoms with van der Waals surface area (Å²) >= 11 is 0. The molecule has 0 saturated heterocycles. The number of ether oxygens (including phenoxy) is 2. The lowest BCUT2D eigenvalue weighted by molar-refractivity contribution is -0.121. The van der Waals surface area contributed by atoms with Crippen molar-refractivity contribution in [2.45, 2.75) is 25.3 Å². The Balaban J connectivity index is 1.59. The van der Waals surface area contributed by atoms with Crippen LogP contribution in [0.1, 0.15) is 36.4 Å². The van der Waals surface area contributed by atoms with Crippen LogP contribution in [-0.2, 0) is 4.79 Å². The number of hydrogen-bond donors (Lipinski definition) is 1. The first-order chi connectivity index (χ1) is 12.5. The summed E-state index contributed by atoms with van der Waals surface area (Å²) in [5.74, 6) is 1.79. The summed E-state index contributed by atoms with van der Waals surface area (Å²) in [6.07, 6.45) is 0.477. The van der Waals surface area contributed by atoms with Gasteiger partial charge in [-0.15, -0.1) is 0 Å². The summed E-state index contributed by atoms with van der Waals surface area (Å²) in [4.78, 5) is 14.5. The number of nitrogens with one attached hydrogen (secondary N) is 1. The Morgan fingerprint density at radius 1 is 1.08 bits per heavy atom. The Labute approximate surface area is 154 Å². The highest BCUT2D eigenvalue weighted by molar-refractivity contribution is 5.76. The maximum atomic E-state index is 12.4. The molecule has 0 bridgehead atoms. The van der Waals surface area contributed by atoms with E-state index < -0.39 is 0 Å². The van der Waals surface area contributed by atoms with Crippen LogP contribution in [-0.4, -0.2) is 38.2 Å². The minimum Gasteiger partial charge on any atom is -0.454 e. The van der Waals surface area contributed by atoms with Gasteiger partial charge < -0.3 is 19.7 Å². The fourth-order valence-electron chi connectivity index (χ4n) is 3.18. The molecule has 3 rings (SSSR count). The van der Waals surface area contributed by atoms with Gasteiger partial charge in [0.25, 0.3) is 0 Å². The number of likely N-dealkylation sites (N-methyl/N-ethyl adjacent to an activating group) is 1. The van der Waals surface area contributed by atoms with Crippen LogP contribution in [0.3, 0.4) is 0 Å². The molecule has 1 amide bonds. The zero-order chi connectivity index (χ0) is 18.5. The number of benzene rings is 2. The molecule has 1 N–H and O–H groups in total. The molecule has 5 nitrogen and oxygen atoms in total. The molecule has 138 valence electrons. The van der Waals surface area contributed by atoms with Crippen LogP contribution in [0.5, 0.6) is 11.5 Å². The van der Waals surface area contributed by atoms with Crippen molar-refractivity contribution in [3.63, 3.8) is 0 Å². The van der Waals surface area contributed by atoms with Crippen molar-refractivity contribution in [2.24, 2.45) is 0 Å². The van der Waals surface area contributed by atoms with E-state index in [4.69, 9.17) is 9.47 Å². The Bertz CT molecular complexity index is 746. The SMILES string of the molecule is CC(CC(=O)NCC(c1ccc2c(c1)OCO2)N(C)C)c1ccccc1. The van der Waals surface area contributed by atoms with Gasteiger partial charge in [0.1, 0.15) is 0 Å². The van der Waals surface area contributed by atoms with Gasteiger partial charge in [-0.3, -0.25) is 4.79 Å². The Hall–Kier alpha value is -2.53. The van der Waals surface area contributed by atoms with Crippen molar-refractivity contribution in [3.8, 4) is 11.5 Å². The first-order valence-electron chi connectivity index (χ1n) is 8.92. The molecule has 0 aliphatic carbocycles. The van der Waals surface area contributed by atoms with Crippen LogP contribution < -0.4 is 14.8 Å². The van der Waals surface area contributed by atoms with E-state index in [0.717, 1.165) is 17.1 Å². The number of amides is 1. The first-order valence-corrected chi connectivity index (χ1v) is 8.92. The zero-order valence-electron chi connectivity index (χ0n) is 15.6. The number of hydrogen-bond acceptors (Lipinski definition) is 4. The average Bonchev–Trinajstić information content (AvgIpc) is 3.10. The molecular formula is C21H26N2O3. The average molecular weight is 354 g/mol. The lowest BCUT2D eigenvalue weighted by Crippen LogP contribution is -2.35. The summed E-state index contributed by atoms with van der Waals surface area (Å²) in [6.45, 7) is 2.89. The van der Waals surface area contributed by atoms with Gasteiger partial charge in [0, 0.05) is 13.0 Å². The van der Waals surface area contributed by atoms with E-state index in [-0.39, 0.29) is 24.7 Å². The van der Waals surface area contributed by atoms with Crippen LogP contribution in [0.4, 0.5) is 0 Å². The van der Waals surface area contributed by atoms with Crippen molar-refractivity contribution in [2.75, 3.05) is 27.4 Å². The predicted octanol–water partition coefficient (Wildman–Crippen LogP) is 3.33. The number of fused-ring (bicyclic) bond motifs is 1. The van der Waals surface area contributed by atoms with Crippen LogP contribution >= 0.6 is 0 Å². The summed E-state index contributed by atoms with van der Waals surface area (Å²) in [7, 11) is 4.02. The normalized spacial score (nSPS) is 14.9. The van der Waals surface area contributed by atoms with E-state index in [1.807, 2.05) is 50.5 Å². The molecule has 0 radical (unpaired) electrons. The number of carbonyl (C=O) groups is 1. The third-order valence-electron chi connectivity index (χ3n) is 4.76. The van der Waals surface area contributed by atoms with Crippen molar-refractivity contribution in [1.29, 1.82) is 0 Å². The molecule has 2 aromatic rings. The number of rotatable bonds is 7. The zero-order valence-corrected chi connectivity index (χ0v) is 15.6. The van der Waals surface area contributed by atoms with E-state index in [9.17, 15) is 4.79 Å². The Kier molecular flexibility index (Phi) is 5.78. The van der Waals surface area contributed by atoms with Crippen molar-refractivity contribution < 1.29 is 14.3 Å². The molecule has 0 aromatic heterocycles. The predicted molar refractivity (Wildman–Crippen MR) is 101 cm³/mol. The number of carbonyl (C=O) groups excluding carboxylic acids is 1. The van der Waals surface area contributed by atoms with Gasteiger partial charge in [0.2, 0.25) is 12.7 Å². The van der Waals surface area contributed by atoms with Gasteiger partial charge in [-0.05, 0) is 43.3 Å². The smallest absolute Gasteiger partial charge is 0.231 e. The summed E-state index contributed by atoms with van der Waals surface area (Å²) < 4.78 is 10.8. The fourth-order valence-corrected chi connectivity index (χ4v) is 3.18. The van der Waals surface area contributed by atoms with Crippen LogP contribution in [0.25, 0.3) is 0 Å². The molecular weight excluding hydrogens is 328 g/mol. The lowest BCUT2D eigenvalue weighted by Gasteiger charge is -2.25. The summed E-state index contributed by atoms with van der Waals surface area (Å²) in [5, 5.41) is 3.08. The van der Waals surface area contributed by atoms with Crippen LogP contribution in [0.2, 0.25) is 0 Å². The fraction of sp³-hybridized carbons (Fsp3) is 0.381. The van der Waals surface area contributed by atoms with Gasteiger partial charge in [0.15, 0.2) is 11.5 Å². The van der Waals surface area contributed by atoms with E-state index in [1.54, 1.807) is 0 Å². The minimum atomic E-state index is 0.0638. The molecule has 5 heteroatoms. The van der Waals surface area contributed by atoms with Crippen molar-refractivity contribution in [1.82, 2.24) is 10.2 Å². The third kappa shape index (κ3) is 4.35. The highest BCUT2D eigenvalue weighted by Crippen LogP contribution is 2.35. The second-order valence-corrected chi connectivity index (χ2v) is 6.91. The monoisotopic (exact) mass is 354 g/mol. The largest absolute Gasteiger partial charge is 0.454 e. The lowest BCUT2D eigenvalue weighted by atomic mass is 9.97. The second kappa shape index (κ2) is 8.23. The minimum absolute atomic E-state index is 0.0638. The molecule has 2 unspecified atom stereocenters. The van der Waals surface area contributed by atoms with Crippen LogP contribution in [0, 0.1) is 0 Å². The Morgan fingerprint density at radius 3 is 2.54 bits per heavy atom. The molecule has 1 heterocycles. The van der Waals surface area contributed by atoms with Gasteiger partial charge in [-0.2, -0.15) is 0 Å². The van der Waals surface area contributed by atoms with E-state index >= 15 is 0 Å². The molecule has 0 fully saturated rings. The molecule has 1 aliphatic heterocycles. The van der Waals surface area contributed by atoms with E-state index in [1.165, 1.54) is 5.56 Å². The highest BCUT2D eigenvalue weighted by Gasteiger charge is 2.20. The maximum Gasteiger partial charge on any atom is 0.231 e. The summed E-state index contributed by atoms with van der Waals surface area (Å²) in [5.41, 5.74) is 2.28. The quantitative estimate of drug-likeness (QED) is 0.829. The Morgan fingerprint density at radius 2 is 1.81 bits per heavy atom. The molecule has 2 atom stereocenters. The first kappa shape index (κ1) is 18.3. The maximum absolute atomic E-state index is 12.4. The van der Waals surface area contributed by atoms with Gasteiger partial charge in [-0.1, -0.05) is 43.3 Å². The standard InChI is InChI=1S/C21H26N2O3/c1-15(16-7-5-4-6-8-16)11-21(24)22-13-18(23(2)3)17-9-10-19-20(12-17)26-14-25-19/h4-10,12,15,18H,11,13-14H2,1-3H3,(H,22,24). The highest BCUT2D eigenvalue weighted by atomic mass is 16.7. The van der Waals surface area contributed by atoms with Crippen molar-refractivity contribution in [3.05, 3.63) is 59.7 Å². The van der Waals surface area contributed by atoms with Gasteiger partial charge in [0.05, 0.1) is 6.04 Å². The number of nitrogens with zero attached hydrogens (tertiary/aromatic N) is 1.